The molecule has 0 aliphatic rings. The maximum atomic E-state index is 11.0. The zero-order valence-electron chi connectivity index (χ0n) is 6.20. The van der Waals surface area contributed by atoms with E-state index in [-0.39, 0.29) is 12.2 Å². The van der Waals surface area contributed by atoms with Crippen molar-refractivity contribution in [1.82, 2.24) is 4.98 Å². The second-order valence-corrected chi connectivity index (χ2v) is 2.25. The SMILES string of the molecule is NC(=O)c1ccc(CO)[nH]c1=O. The molecule has 0 saturated heterocycles. The van der Waals surface area contributed by atoms with Crippen LogP contribution in [0.25, 0.3) is 0 Å². The molecular formula is C7H8N2O3. The Bertz CT molecular complexity index is 356. The van der Waals surface area contributed by atoms with Gasteiger partial charge in [0.05, 0.1) is 6.61 Å². The predicted octanol–water partition coefficient (Wildman–Crippen LogP) is -1.03. The summed E-state index contributed by atoms with van der Waals surface area (Å²) >= 11 is 0. The second kappa shape index (κ2) is 3.19. The Morgan fingerprint density at radius 3 is 2.67 bits per heavy atom. The molecular weight excluding hydrogens is 160 g/mol. The van der Waals surface area contributed by atoms with Crippen LogP contribution in [0.15, 0.2) is 16.9 Å². The molecule has 4 N–H and O–H groups in total. The number of rotatable bonds is 2. The molecule has 1 amide bonds. The summed E-state index contributed by atoms with van der Waals surface area (Å²) < 4.78 is 0. The third-order valence-corrected chi connectivity index (χ3v) is 1.41. The van der Waals surface area contributed by atoms with E-state index in [1.165, 1.54) is 12.1 Å². The van der Waals surface area contributed by atoms with Gasteiger partial charge in [-0.15, -0.1) is 0 Å². The third kappa shape index (κ3) is 1.51. The first kappa shape index (κ1) is 8.48. The quantitative estimate of drug-likeness (QED) is 0.526. The molecule has 1 aromatic heterocycles. The number of aromatic amines is 1. The monoisotopic (exact) mass is 168 g/mol. The molecule has 1 rings (SSSR count). The standard InChI is InChI=1S/C7H8N2O3/c8-6(11)5-2-1-4(3-10)9-7(5)12/h1-2,10H,3H2,(H2,8,11)(H,9,12). The molecule has 64 valence electrons. The smallest absolute Gasteiger partial charge is 0.261 e. The molecule has 0 aliphatic heterocycles. The van der Waals surface area contributed by atoms with Crippen molar-refractivity contribution < 1.29 is 9.90 Å². The maximum Gasteiger partial charge on any atom is 0.261 e. The van der Waals surface area contributed by atoms with Crippen LogP contribution >= 0.6 is 0 Å². The topological polar surface area (TPSA) is 96.2 Å². The number of hydrogen-bond acceptors (Lipinski definition) is 3. The van der Waals surface area contributed by atoms with E-state index in [0.717, 1.165) is 0 Å². The second-order valence-electron chi connectivity index (χ2n) is 2.25. The molecule has 0 aliphatic carbocycles. The third-order valence-electron chi connectivity index (χ3n) is 1.41. The molecule has 1 heterocycles. The van der Waals surface area contributed by atoms with Crippen molar-refractivity contribution in [2.24, 2.45) is 5.73 Å². The molecule has 0 radical (unpaired) electrons. The van der Waals surface area contributed by atoms with Crippen LogP contribution in [0.2, 0.25) is 0 Å². The molecule has 0 atom stereocenters. The Labute approximate surface area is 67.8 Å². The predicted molar refractivity (Wildman–Crippen MR) is 41.5 cm³/mol. The van der Waals surface area contributed by atoms with Gasteiger partial charge in [-0.1, -0.05) is 0 Å². The number of nitrogens with two attached hydrogens (primary N) is 1. The van der Waals surface area contributed by atoms with Crippen LogP contribution in [0.5, 0.6) is 0 Å². The van der Waals surface area contributed by atoms with E-state index in [4.69, 9.17) is 10.8 Å². The summed E-state index contributed by atoms with van der Waals surface area (Å²) in [6.45, 7) is -0.270. The van der Waals surface area contributed by atoms with Gasteiger partial charge in [0, 0.05) is 5.69 Å². The number of aromatic nitrogens is 1. The Morgan fingerprint density at radius 1 is 1.58 bits per heavy atom. The summed E-state index contributed by atoms with van der Waals surface area (Å²) in [5.74, 6) is -0.777. The first-order valence-corrected chi connectivity index (χ1v) is 3.28. The minimum absolute atomic E-state index is 0.104. The number of aliphatic hydroxyl groups excluding tert-OH is 1. The first-order chi connectivity index (χ1) is 5.65. The van der Waals surface area contributed by atoms with Crippen molar-refractivity contribution in [3.05, 3.63) is 33.7 Å². The molecule has 0 aromatic carbocycles. The zero-order valence-corrected chi connectivity index (χ0v) is 6.20. The van der Waals surface area contributed by atoms with Crippen LogP contribution < -0.4 is 11.3 Å². The zero-order chi connectivity index (χ0) is 9.14. The van der Waals surface area contributed by atoms with Gasteiger partial charge in [0.2, 0.25) is 0 Å². The van der Waals surface area contributed by atoms with Gasteiger partial charge >= 0.3 is 0 Å². The highest BCUT2D eigenvalue weighted by Crippen LogP contribution is 1.93. The summed E-state index contributed by atoms with van der Waals surface area (Å²) in [7, 11) is 0. The number of pyridine rings is 1. The highest BCUT2D eigenvalue weighted by molar-refractivity contribution is 5.92. The van der Waals surface area contributed by atoms with Gasteiger partial charge in [-0.25, -0.2) is 0 Å². The minimum Gasteiger partial charge on any atom is -0.390 e. The number of amides is 1. The van der Waals surface area contributed by atoms with Gasteiger partial charge in [0.25, 0.3) is 11.5 Å². The van der Waals surface area contributed by atoms with E-state index in [1.54, 1.807) is 0 Å². The van der Waals surface area contributed by atoms with Crippen molar-refractivity contribution >= 4 is 5.91 Å². The van der Waals surface area contributed by atoms with Crippen LogP contribution in [0.1, 0.15) is 16.1 Å². The van der Waals surface area contributed by atoms with E-state index in [1.807, 2.05) is 0 Å². The minimum atomic E-state index is -0.777. The Kier molecular flexibility index (Phi) is 2.25. The lowest BCUT2D eigenvalue weighted by atomic mass is 10.2. The van der Waals surface area contributed by atoms with Crippen molar-refractivity contribution in [3.8, 4) is 0 Å². The van der Waals surface area contributed by atoms with Crippen molar-refractivity contribution in [2.45, 2.75) is 6.61 Å². The van der Waals surface area contributed by atoms with E-state index in [0.29, 0.717) is 5.69 Å². The largest absolute Gasteiger partial charge is 0.390 e. The van der Waals surface area contributed by atoms with Crippen molar-refractivity contribution in [3.63, 3.8) is 0 Å². The Hall–Kier alpha value is -1.62. The van der Waals surface area contributed by atoms with Crippen molar-refractivity contribution in [1.29, 1.82) is 0 Å². The summed E-state index contributed by atoms with van der Waals surface area (Å²) in [6.07, 6.45) is 0. The average molecular weight is 168 g/mol. The number of primary amides is 1. The van der Waals surface area contributed by atoms with Crippen LogP contribution in [0, 0.1) is 0 Å². The van der Waals surface area contributed by atoms with E-state index in [2.05, 4.69) is 4.98 Å². The molecule has 1 aromatic rings. The number of H-pyrrole nitrogens is 1. The average Bonchev–Trinajstić information content (AvgIpc) is 2.03. The lowest BCUT2D eigenvalue weighted by Gasteiger charge is -1.96. The summed E-state index contributed by atoms with van der Waals surface area (Å²) in [5, 5.41) is 8.61. The number of carbonyl (C=O) groups is 1. The molecule has 5 nitrogen and oxygen atoms in total. The molecule has 0 saturated carbocycles. The molecule has 0 spiro atoms. The van der Waals surface area contributed by atoms with E-state index >= 15 is 0 Å². The molecule has 12 heavy (non-hydrogen) atoms. The summed E-state index contributed by atoms with van der Waals surface area (Å²) in [6, 6.07) is 2.72. The molecule has 0 fully saturated rings. The van der Waals surface area contributed by atoms with E-state index < -0.39 is 11.5 Å². The summed E-state index contributed by atoms with van der Waals surface area (Å²) in [4.78, 5) is 23.8. The number of carbonyl (C=O) groups excluding carboxylic acids is 1. The Morgan fingerprint density at radius 2 is 2.25 bits per heavy atom. The molecule has 0 unspecified atom stereocenters. The Balaban J connectivity index is 3.21. The van der Waals surface area contributed by atoms with Crippen LogP contribution in [-0.4, -0.2) is 16.0 Å². The number of aliphatic hydroxyl groups is 1. The highest BCUT2D eigenvalue weighted by Gasteiger charge is 2.05. The lowest BCUT2D eigenvalue weighted by molar-refractivity contribution is 0.0998. The maximum absolute atomic E-state index is 11.0. The summed E-state index contributed by atoms with van der Waals surface area (Å²) in [5.41, 5.74) is 4.56. The van der Waals surface area contributed by atoms with Crippen LogP contribution in [0.3, 0.4) is 0 Å². The lowest BCUT2D eigenvalue weighted by Crippen LogP contribution is -2.23. The fourth-order valence-electron chi connectivity index (χ4n) is 0.801. The van der Waals surface area contributed by atoms with Gasteiger partial charge in [-0.2, -0.15) is 0 Å². The van der Waals surface area contributed by atoms with Crippen molar-refractivity contribution in [2.75, 3.05) is 0 Å². The fraction of sp³-hybridized carbons (Fsp3) is 0.143. The number of hydrogen-bond donors (Lipinski definition) is 3. The first-order valence-electron chi connectivity index (χ1n) is 3.28. The van der Waals surface area contributed by atoms with Gasteiger partial charge in [-0.3, -0.25) is 9.59 Å². The van der Waals surface area contributed by atoms with Gasteiger partial charge < -0.3 is 15.8 Å². The normalized spacial score (nSPS) is 9.75. The highest BCUT2D eigenvalue weighted by atomic mass is 16.3. The van der Waals surface area contributed by atoms with Gasteiger partial charge in [-0.05, 0) is 12.1 Å². The molecule has 0 bridgehead atoms. The van der Waals surface area contributed by atoms with Gasteiger partial charge in [0.15, 0.2) is 0 Å². The van der Waals surface area contributed by atoms with Crippen LogP contribution in [0.4, 0.5) is 0 Å². The van der Waals surface area contributed by atoms with E-state index in [9.17, 15) is 9.59 Å². The molecule has 5 heteroatoms. The number of nitrogens with one attached hydrogen (secondary N) is 1. The van der Waals surface area contributed by atoms with Crippen LogP contribution in [-0.2, 0) is 6.61 Å². The van der Waals surface area contributed by atoms with Gasteiger partial charge in [0.1, 0.15) is 5.56 Å². The fourth-order valence-corrected chi connectivity index (χ4v) is 0.801.